The number of nitrogens with one attached hydrogen (secondary N) is 1. The molecular formula is C15H21NO3. The SMILES string of the molecule is CC(C)C(NC(CO)CO)c1cc2ccccc2o1. The van der Waals surface area contributed by atoms with Crippen LogP contribution in [0.25, 0.3) is 11.0 Å². The van der Waals surface area contributed by atoms with E-state index < -0.39 is 0 Å². The predicted octanol–water partition coefficient (Wildman–Crippen LogP) is 2.07. The molecule has 0 saturated heterocycles. The molecule has 4 nitrogen and oxygen atoms in total. The van der Waals surface area contributed by atoms with Crippen LogP contribution in [0.1, 0.15) is 25.6 Å². The summed E-state index contributed by atoms with van der Waals surface area (Å²) in [5.41, 5.74) is 0.856. The number of hydrogen-bond acceptors (Lipinski definition) is 4. The summed E-state index contributed by atoms with van der Waals surface area (Å²) in [4.78, 5) is 0. The van der Waals surface area contributed by atoms with Gasteiger partial charge in [0.25, 0.3) is 0 Å². The summed E-state index contributed by atoms with van der Waals surface area (Å²) in [5.74, 6) is 1.13. The lowest BCUT2D eigenvalue weighted by molar-refractivity contribution is 0.150. The van der Waals surface area contributed by atoms with Crippen LogP contribution in [0.15, 0.2) is 34.7 Å². The Hall–Kier alpha value is -1.36. The Morgan fingerprint density at radius 2 is 1.84 bits per heavy atom. The fourth-order valence-electron chi connectivity index (χ4n) is 2.18. The van der Waals surface area contributed by atoms with Crippen molar-refractivity contribution in [3.8, 4) is 0 Å². The van der Waals surface area contributed by atoms with Crippen molar-refractivity contribution >= 4 is 11.0 Å². The van der Waals surface area contributed by atoms with E-state index in [-0.39, 0.29) is 25.3 Å². The fourth-order valence-corrected chi connectivity index (χ4v) is 2.18. The highest BCUT2D eigenvalue weighted by Crippen LogP contribution is 2.28. The van der Waals surface area contributed by atoms with Gasteiger partial charge in [-0.05, 0) is 18.1 Å². The zero-order valence-electron chi connectivity index (χ0n) is 11.3. The summed E-state index contributed by atoms with van der Waals surface area (Å²) in [6.45, 7) is 3.97. The molecule has 0 bridgehead atoms. The van der Waals surface area contributed by atoms with E-state index in [4.69, 9.17) is 4.42 Å². The molecule has 4 heteroatoms. The molecule has 0 amide bonds. The van der Waals surface area contributed by atoms with Gasteiger partial charge in [0.15, 0.2) is 0 Å². The van der Waals surface area contributed by atoms with Crippen LogP contribution in [-0.4, -0.2) is 29.5 Å². The standard InChI is InChI=1S/C15H21NO3/c1-10(2)15(16-12(8-17)9-18)14-7-11-5-3-4-6-13(11)19-14/h3-7,10,12,15-18H,8-9H2,1-2H3. The summed E-state index contributed by atoms with van der Waals surface area (Å²) in [6.07, 6.45) is 0. The highest BCUT2D eigenvalue weighted by atomic mass is 16.3. The van der Waals surface area contributed by atoms with Crippen LogP contribution in [0.3, 0.4) is 0 Å². The monoisotopic (exact) mass is 263 g/mol. The van der Waals surface area contributed by atoms with Gasteiger partial charge in [-0.2, -0.15) is 0 Å². The Labute approximate surface area is 113 Å². The first kappa shape index (κ1) is 14.1. The second kappa shape index (κ2) is 6.19. The van der Waals surface area contributed by atoms with Crippen molar-refractivity contribution in [3.63, 3.8) is 0 Å². The molecular weight excluding hydrogens is 242 g/mol. The molecule has 0 spiro atoms. The second-order valence-corrected chi connectivity index (χ2v) is 5.14. The molecule has 0 aliphatic heterocycles. The van der Waals surface area contributed by atoms with Gasteiger partial charge in [0.05, 0.1) is 25.3 Å². The van der Waals surface area contributed by atoms with E-state index in [0.29, 0.717) is 5.92 Å². The molecule has 1 aromatic heterocycles. The van der Waals surface area contributed by atoms with Gasteiger partial charge in [0.2, 0.25) is 0 Å². The average Bonchev–Trinajstić information content (AvgIpc) is 2.83. The lowest BCUT2D eigenvalue weighted by Crippen LogP contribution is -2.40. The Kier molecular flexibility index (Phi) is 4.58. The van der Waals surface area contributed by atoms with Gasteiger partial charge in [-0.1, -0.05) is 32.0 Å². The minimum absolute atomic E-state index is 0.0308. The number of aliphatic hydroxyl groups excluding tert-OH is 2. The first-order chi connectivity index (χ1) is 9.15. The summed E-state index contributed by atoms with van der Waals surface area (Å²) in [5, 5.41) is 22.7. The van der Waals surface area contributed by atoms with E-state index in [9.17, 15) is 10.2 Å². The van der Waals surface area contributed by atoms with Crippen LogP contribution in [-0.2, 0) is 0 Å². The van der Waals surface area contributed by atoms with Crippen LogP contribution in [0.4, 0.5) is 0 Å². The molecule has 1 unspecified atom stereocenters. The van der Waals surface area contributed by atoms with Gasteiger partial charge in [0.1, 0.15) is 11.3 Å². The number of rotatable bonds is 6. The van der Waals surface area contributed by atoms with Gasteiger partial charge in [-0.15, -0.1) is 0 Å². The van der Waals surface area contributed by atoms with Gasteiger partial charge in [-0.25, -0.2) is 0 Å². The molecule has 3 N–H and O–H groups in total. The highest BCUT2D eigenvalue weighted by Gasteiger charge is 2.22. The van der Waals surface area contributed by atoms with Crippen LogP contribution in [0.5, 0.6) is 0 Å². The summed E-state index contributed by atoms with van der Waals surface area (Å²) < 4.78 is 5.86. The van der Waals surface area contributed by atoms with Gasteiger partial charge in [0, 0.05) is 5.39 Å². The number of benzene rings is 1. The largest absolute Gasteiger partial charge is 0.459 e. The fraction of sp³-hybridized carbons (Fsp3) is 0.467. The Bertz CT molecular complexity index is 484. The van der Waals surface area contributed by atoms with E-state index in [2.05, 4.69) is 19.2 Å². The van der Waals surface area contributed by atoms with Gasteiger partial charge >= 0.3 is 0 Å². The van der Waals surface area contributed by atoms with Gasteiger partial charge in [-0.3, -0.25) is 5.32 Å². The first-order valence-electron chi connectivity index (χ1n) is 6.62. The van der Waals surface area contributed by atoms with Crippen molar-refractivity contribution in [1.82, 2.24) is 5.32 Å². The Morgan fingerprint density at radius 1 is 1.16 bits per heavy atom. The Balaban J connectivity index is 2.27. The zero-order valence-corrected chi connectivity index (χ0v) is 11.3. The summed E-state index contributed by atoms with van der Waals surface area (Å²) in [6, 6.07) is 9.51. The minimum atomic E-state index is -0.333. The van der Waals surface area contributed by atoms with E-state index in [1.165, 1.54) is 0 Å². The third-order valence-electron chi connectivity index (χ3n) is 3.27. The number of aliphatic hydroxyl groups is 2. The lowest BCUT2D eigenvalue weighted by Gasteiger charge is -2.24. The van der Waals surface area contributed by atoms with Crippen molar-refractivity contribution in [2.24, 2.45) is 5.92 Å². The van der Waals surface area contributed by atoms with Crippen LogP contribution >= 0.6 is 0 Å². The number of hydrogen-bond donors (Lipinski definition) is 3. The molecule has 0 aliphatic rings. The lowest BCUT2D eigenvalue weighted by atomic mass is 10.0. The van der Waals surface area contributed by atoms with Crippen LogP contribution in [0.2, 0.25) is 0 Å². The molecule has 2 aromatic rings. The highest BCUT2D eigenvalue weighted by molar-refractivity contribution is 5.77. The number of fused-ring (bicyclic) bond motifs is 1. The van der Waals surface area contributed by atoms with Gasteiger partial charge < -0.3 is 14.6 Å². The smallest absolute Gasteiger partial charge is 0.134 e. The van der Waals surface area contributed by atoms with E-state index >= 15 is 0 Å². The molecule has 1 atom stereocenters. The van der Waals surface area contributed by atoms with Crippen molar-refractivity contribution in [1.29, 1.82) is 0 Å². The normalized spacial score (nSPS) is 13.6. The number of para-hydroxylation sites is 1. The molecule has 1 aromatic carbocycles. The first-order valence-corrected chi connectivity index (χ1v) is 6.62. The zero-order chi connectivity index (χ0) is 13.8. The van der Waals surface area contributed by atoms with E-state index in [1.807, 2.05) is 30.3 Å². The van der Waals surface area contributed by atoms with Crippen molar-refractivity contribution in [3.05, 3.63) is 36.1 Å². The topological polar surface area (TPSA) is 65.6 Å². The molecule has 0 saturated carbocycles. The van der Waals surface area contributed by atoms with Crippen LogP contribution < -0.4 is 5.32 Å². The molecule has 0 fully saturated rings. The van der Waals surface area contributed by atoms with Crippen molar-refractivity contribution < 1.29 is 14.6 Å². The molecule has 104 valence electrons. The molecule has 1 heterocycles. The molecule has 0 aliphatic carbocycles. The van der Waals surface area contributed by atoms with E-state index in [1.54, 1.807) is 0 Å². The summed E-state index contributed by atoms with van der Waals surface area (Å²) >= 11 is 0. The molecule has 19 heavy (non-hydrogen) atoms. The predicted molar refractivity (Wildman–Crippen MR) is 74.9 cm³/mol. The van der Waals surface area contributed by atoms with Crippen LogP contribution in [0, 0.1) is 5.92 Å². The maximum atomic E-state index is 9.19. The third-order valence-corrected chi connectivity index (χ3v) is 3.27. The van der Waals surface area contributed by atoms with Crippen molar-refractivity contribution in [2.45, 2.75) is 25.9 Å². The van der Waals surface area contributed by atoms with E-state index in [0.717, 1.165) is 16.7 Å². The Morgan fingerprint density at radius 3 is 2.42 bits per heavy atom. The minimum Gasteiger partial charge on any atom is -0.459 e. The summed E-state index contributed by atoms with van der Waals surface area (Å²) in [7, 11) is 0. The second-order valence-electron chi connectivity index (χ2n) is 5.14. The molecule has 0 radical (unpaired) electrons. The maximum Gasteiger partial charge on any atom is 0.134 e. The molecule has 2 rings (SSSR count). The average molecular weight is 263 g/mol. The number of furan rings is 1. The quantitative estimate of drug-likeness (QED) is 0.746. The third kappa shape index (κ3) is 3.15. The maximum absolute atomic E-state index is 9.19. The van der Waals surface area contributed by atoms with Crippen molar-refractivity contribution in [2.75, 3.05) is 13.2 Å².